The molecule has 0 saturated heterocycles. The van der Waals surface area contributed by atoms with Crippen LogP contribution in [0.4, 0.5) is 5.95 Å². The molecule has 0 atom stereocenters. The first-order chi connectivity index (χ1) is 13.2. The van der Waals surface area contributed by atoms with Crippen LogP contribution in [0.5, 0.6) is 11.8 Å². The van der Waals surface area contributed by atoms with E-state index in [4.69, 9.17) is 14.5 Å². The second-order valence-electron chi connectivity index (χ2n) is 7.85. The molecule has 1 N–H and O–H groups in total. The van der Waals surface area contributed by atoms with Gasteiger partial charge in [0.15, 0.2) is 0 Å². The van der Waals surface area contributed by atoms with Gasteiger partial charge in [-0.2, -0.15) is 4.98 Å². The smallest absolute Gasteiger partial charge is 0.226 e. The lowest BCUT2D eigenvalue weighted by atomic mass is 9.87. The van der Waals surface area contributed by atoms with Crippen molar-refractivity contribution in [2.75, 3.05) is 19.0 Å². The van der Waals surface area contributed by atoms with E-state index in [0.717, 1.165) is 17.0 Å². The molecule has 2 aliphatic carbocycles. The van der Waals surface area contributed by atoms with Gasteiger partial charge in [0.1, 0.15) is 0 Å². The van der Waals surface area contributed by atoms with Crippen molar-refractivity contribution in [2.24, 2.45) is 11.8 Å². The molecule has 0 bridgehead atoms. The Morgan fingerprint density at radius 3 is 2.67 bits per heavy atom. The highest BCUT2D eigenvalue weighted by atomic mass is 16.5. The minimum atomic E-state index is 0.448. The van der Waals surface area contributed by atoms with Crippen LogP contribution < -0.4 is 14.8 Å². The average molecular weight is 368 g/mol. The van der Waals surface area contributed by atoms with Gasteiger partial charge in [0.2, 0.25) is 17.7 Å². The maximum atomic E-state index is 6.08. The third-order valence-corrected chi connectivity index (χ3v) is 5.51. The largest absolute Gasteiger partial charge is 0.481 e. The van der Waals surface area contributed by atoms with E-state index in [9.17, 15) is 0 Å². The number of nitrogens with zero attached hydrogens (tertiary/aromatic N) is 3. The normalized spacial score (nSPS) is 22.3. The zero-order chi connectivity index (χ0) is 18.6. The van der Waals surface area contributed by atoms with Gasteiger partial charge in [-0.05, 0) is 62.0 Å². The van der Waals surface area contributed by atoms with Gasteiger partial charge in [-0.25, -0.2) is 9.97 Å². The molecular formula is C21H28N4O2. The van der Waals surface area contributed by atoms with Crippen LogP contribution >= 0.6 is 0 Å². The van der Waals surface area contributed by atoms with Gasteiger partial charge in [-0.1, -0.05) is 6.92 Å². The molecule has 6 nitrogen and oxygen atoms in total. The highest BCUT2D eigenvalue weighted by Gasteiger charge is 2.24. The van der Waals surface area contributed by atoms with Crippen LogP contribution in [0.1, 0.15) is 45.4 Å². The Hall–Kier alpha value is -2.37. The number of ether oxygens (including phenoxy) is 2. The number of hydrogen-bond donors (Lipinski definition) is 1. The minimum Gasteiger partial charge on any atom is -0.481 e. The van der Waals surface area contributed by atoms with Gasteiger partial charge in [-0.15, -0.1) is 0 Å². The monoisotopic (exact) mass is 368 g/mol. The zero-order valence-electron chi connectivity index (χ0n) is 16.1. The lowest BCUT2D eigenvalue weighted by Crippen LogP contribution is -2.26. The number of aromatic nitrogens is 3. The van der Waals surface area contributed by atoms with E-state index in [1.165, 1.54) is 38.5 Å². The second-order valence-corrected chi connectivity index (χ2v) is 7.85. The Labute approximate surface area is 160 Å². The van der Waals surface area contributed by atoms with Crippen molar-refractivity contribution in [2.45, 2.75) is 51.5 Å². The van der Waals surface area contributed by atoms with Crippen molar-refractivity contribution in [3.8, 4) is 22.9 Å². The second kappa shape index (κ2) is 8.11. The molecular weight excluding hydrogens is 340 g/mol. The maximum Gasteiger partial charge on any atom is 0.226 e. The van der Waals surface area contributed by atoms with Gasteiger partial charge < -0.3 is 14.8 Å². The van der Waals surface area contributed by atoms with E-state index in [-0.39, 0.29) is 0 Å². The first kappa shape index (κ1) is 18.0. The fraction of sp³-hybridized carbons (Fsp3) is 0.571. The van der Waals surface area contributed by atoms with Crippen LogP contribution in [0, 0.1) is 11.8 Å². The third-order valence-electron chi connectivity index (χ3n) is 5.51. The summed E-state index contributed by atoms with van der Waals surface area (Å²) in [6.07, 6.45) is 10.9. The van der Waals surface area contributed by atoms with Crippen molar-refractivity contribution in [1.29, 1.82) is 0 Å². The Bertz CT molecular complexity index is 771. The number of methoxy groups -OCH3 is 1. The van der Waals surface area contributed by atoms with Gasteiger partial charge in [0.05, 0.1) is 19.3 Å². The summed E-state index contributed by atoms with van der Waals surface area (Å²) in [4.78, 5) is 13.5. The highest BCUT2D eigenvalue weighted by Crippen LogP contribution is 2.34. The van der Waals surface area contributed by atoms with Gasteiger partial charge in [0, 0.05) is 24.5 Å². The van der Waals surface area contributed by atoms with E-state index in [1.54, 1.807) is 13.3 Å². The summed E-state index contributed by atoms with van der Waals surface area (Å²) in [6.45, 7) is 3.04. The molecule has 2 saturated carbocycles. The van der Waals surface area contributed by atoms with Crippen molar-refractivity contribution in [3.05, 3.63) is 24.5 Å². The predicted molar refractivity (Wildman–Crippen MR) is 105 cm³/mol. The van der Waals surface area contributed by atoms with Crippen LogP contribution in [-0.4, -0.2) is 34.7 Å². The first-order valence-corrected chi connectivity index (χ1v) is 9.98. The fourth-order valence-electron chi connectivity index (χ4n) is 3.50. The Balaban J connectivity index is 1.56. The molecule has 0 aliphatic heterocycles. The van der Waals surface area contributed by atoms with E-state index in [1.807, 2.05) is 18.3 Å². The molecule has 2 fully saturated rings. The molecule has 144 valence electrons. The van der Waals surface area contributed by atoms with Gasteiger partial charge in [0.25, 0.3) is 0 Å². The lowest BCUT2D eigenvalue weighted by molar-refractivity contribution is 0.289. The molecule has 27 heavy (non-hydrogen) atoms. The van der Waals surface area contributed by atoms with E-state index in [0.29, 0.717) is 36.3 Å². The van der Waals surface area contributed by atoms with Crippen molar-refractivity contribution in [3.63, 3.8) is 0 Å². The van der Waals surface area contributed by atoms with Crippen LogP contribution in [0.3, 0.4) is 0 Å². The summed E-state index contributed by atoms with van der Waals surface area (Å²) in [6, 6.07) is 4.27. The zero-order valence-corrected chi connectivity index (χ0v) is 16.1. The summed E-state index contributed by atoms with van der Waals surface area (Å²) in [7, 11) is 1.62. The number of nitrogens with one attached hydrogen (secondary N) is 1. The molecule has 4 rings (SSSR count). The summed E-state index contributed by atoms with van der Waals surface area (Å²) in [5, 5.41) is 3.51. The summed E-state index contributed by atoms with van der Waals surface area (Å²) in [5.41, 5.74) is 1.82. The highest BCUT2D eigenvalue weighted by molar-refractivity contribution is 5.69. The van der Waals surface area contributed by atoms with Crippen LogP contribution in [0.2, 0.25) is 0 Å². The fourth-order valence-corrected chi connectivity index (χ4v) is 3.50. The van der Waals surface area contributed by atoms with E-state index < -0.39 is 0 Å². The molecule has 0 aromatic carbocycles. The van der Waals surface area contributed by atoms with Gasteiger partial charge in [-0.3, -0.25) is 0 Å². The minimum absolute atomic E-state index is 0.448. The Kier molecular flexibility index (Phi) is 5.41. The molecule has 2 heterocycles. The standard InChI is InChI=1S/C21H28N4O2/c1-14-3-7-17(8-4-14)24-21-23-12-18(16-9-10-22-19(11-16)26-2)20(25-21)27-13-15-5-6-15/h9-12,14-15,17H,3-8,13H2,1-2H3,(H,23,24,25). The van der Waals surface area contributed by atoms with E-state index in [2.05, 4.69) is 22.2 Å². The molecule has 6 heteroatoms. The predicted octanol–water partition coefficient (Wildman–Crippen LogP) is 4.33. The quantitative estimate of drug-likeness (QED) is 0.785. The third kappa shape index (κ3) is 4.67. The summed E-state index contributed by atoms with van der Waals surface area (Å²) < 4.78 is 11.3. The molecule has 2 aromatic rings. The topological polar surface area (TPSA) is 69.2 Å². The van der Waals surface area contributed by atoms with E-state index >= 15 is 0 Å². The maximum absolute atomic E-state index is 6.08. The summed E-state index contributed by atoms with van der Waals surface area (Å²) >= 11 is 0. The number of hydrogen-bond acceptors (Lipinski definition) is 6. The van der Waals surface area contributed by atoms with Crippen LogP contribution in [-0.2, 0) is 0 Å². The summed E-state index contributed by atoms with van der Waals surface area (Å²) in [5.74, 6) is 3.35. The van der Waals surface area contributed by atoms with Crippen LogP contribution in [0.15, 0.2) is 24.5 Å². The van der Waals surface area contributed by atoms with Gasteiger partial charge >= 0.3 is 0 Å². The molecule has 2 aromatic heterocycles. The molecule has 0 unspecified atom stereocenters. The van der Waals surface area contributed by atoms with Crippen molar-refractivity contribution < 1.29 is 9.47 Å². The van der Waals surface area contributed by atoms with Crippen molar-refractivity contribution >= 4 is 5.95 Å². The Morgan fingerprint density at radius 2 is 1.93 bits per heavy atom. The van der Waals surface area contributed by atoms with Crippen molar-refractivity contribution in [1.82, 2.24) is 15.0 Å². The first-order valence-electron chi connectivity index (χ1n) is 9.98. The number of anilines is 1. The molecule has 0 amide bonds. The SMILES string of the molecule is COc1cc(-c2cnc(NC3CCC(C)CC3)nc2OCC2CC2)ccn1. The Morgan fingerprint density at radius 1 is 1.11 bits per heavy atom. The lowest BCUT2D eigenvalue weighted by Gasteiger charge is -2.27. The molecule has 2 aliphatic rings. The molecule has 0 radical (unpaired) electrons. The number of pyridine rings is 1. The average Bonchev–Trinajstić information content (AvgIpc) is 3.53. The van der Waals surface area contributed by atoms with Crippen LogP contribution in [0.25, 0.3) is 11.1 Å². The molecule has 0 spiro atoms. The number of rotatable bonds is 7.